The SMILES string of the molecule is CCCCOCN1C(=O)N(COCCCC)C2C1N(COCCCC)C(=O)N2COCCn1c(=O)n(CCO)c(=O)n(CCOC(=O)Cn2c(=O)n(CC(=O)OC)c(=O)n(CC(=O)OC(C)(C)CO)c2=O)c1=O. The monoisotopic (exact) mass is 1040 g/mol. The van der Waals surface area contributed by atoms with E-state index >= 15 is 0 Å². The van der Waals surface area contributed by atoms with Crippen molar-refractivity contribution in [1.82, 2.24) is 47.0 Å². The topological polar surface area (TPSA) is 335 Å². The molecule has 2 atom stereocenters. The average Bonchev–Trinajstić information content (AvgIpc) is 3.78. The van der Waals surface area contributed by atoms with Gasteiger partial charge < -0.3 is 43.4 Å². The molecule has 2 unspecified atom stereocenters. The van der Waals surface area contributed by atoms with Crippen LogP contribution in [0, 0.1) is 0 Å². The maximum Gasteiger partial charge on any atom is 0.337 e. The Balaban J connectivity index is 1.55. The van der Waals surface area contributed by atoms with Crippen molar-refractivity contribution >= 4 is 30.0 Å². The number of urea groups is 2. The molecule has 0 spiro atoms. The highest BCUT2D eigenvalue weighted by molar-refractivity contribution is 5.85. The van der Waals surface area contributed by atoms with Crippen molar-refractivity contribution in [3.63, 3.8) is 0 Å². The number of carbonyl (C=O) groups is 5. The van der Waals surface area contributed by atoms with Crippen LogP contribution < -0.4 is 34.1 Å². The molecule has 2 saturated heterocycles. The molecular weight excluding hydrogens is 977 g/mol. The van der Waals surface area contributed by atoms with Crippen LogP contribution in [0.3, 0.4) is 0 Å². The molecule has 410 valence electrons. The highest BCUT2D eigenvalue weighted by Crippen LogP contribution is 2.35. The number of amides is 4. The first kappa shape index (κ1) is 59.1. The summed E-state index contributed by atoms with van der Waals surface area (Å²) in [6.45, 7) is 1.05. The Bertz CT molecular complexity index is 2590. The minimum absolute atomic E-state index is 0.127. The van der Waals surface area contributed by atoms with Crippen LogP contribution in [0.5, 0.6) is 0 Å². The molecule has 0 aliphatic carbocycles. The zero-order valence-corrected chi connectivity index (χ0v) is 42.1. The predicted octanol–water partition coefficient (Wildman–Crippen LogP) is -3.20. The van der Waals surface area contributed by atoms with E-state index in [-0.39, 0.29) is 33.9 Å². The maximum absolute atomic E-state index is 14.1. The fourth-order valence-corrected chi connectivity index (χ4v) is 7.40. The van der Waals surface area contributed by atoms with Crippen LogP contribution in [-0.2, 0) is 86.8 Å². The molecule has 2 aromatic heterocycles. The van der Waals surface area contributed by atoms with Gasteiger partial charge in [0.1, 0.15) is 58.8 Å². The zero-order chi connectivity index (χ0) is 54.0. The summed E-state index contributed by atoms with van der Waals surface area (Å²) < 4.78 is 40.4. The molecule has 0 saturated carbocycles. The van der Waals surface area contributed by atoms with Crippen LogP contribution in [0.25, 0.3) is 0 Å². The third kappa shape index (κ3) is 14.8. The Morgan fingerprint density at radius 3 is 1.19 bits per heavy atom. The van der Waals surface area contributed by atoms with Gasteiger partial charge in [-0.1, -0.05) is 40.0 Å². The van der Waals surface area contributed by atoms with Gasteiger partial charge in [0.05, 0.1) is 46.6 Å². The molecule has 73 heavy (non-hydrogen) atoms. The maximum atomic E-state index is 14.1. The van der Waals surface area contributed by atoms with Crippen LogP contribution in [-0.4, -0.2) is 185 Å². The minimum atomic E-state index is -1.49. The second-order valence-electron chi connectivity index (χ2n) is 17.3. The molecule has 2 aliphatic heterocycles. The summed E-state index contributed by atoms with van der Waals surface area (Å²) in [5, 5.41) is 19.2. The highest BCUT2D eigenvalue weighted by atomic mass is 16.6. The summed E-state index contributed by atoms with van der Waals surface area (Å²) in [6.07, 6.45) is 2.90. The normalized spacial score (nSPS) is 15.7. The second-order valence-corrected chi connectivity index (χ2v) is 17.3. The van der Waals surface area contributed by atoms with E-state index in [2.05, 4.69) is 4.74 Å². The molecule has 30 heteroatoms. The summed E-state index contributed by atoms with van der Waals surface area (Å²) >= 11 is 0. The Kier molecular flexibility index (Phi) is 22.8. The van der Waals surface area contributed by atoms with Gasteiger partial charge in [0.25, 0.3) is 0 Å². The van der Waals surface area contributed by atoms with Crippen LogP contribution in [0.15, 0.2) is 28.8 Å². The lowest BCUT2D eigenvalue weighted by molar-refractivity contribution is -0.161. The quantitative estimate of drug-likeness (QED) is 0.0404. The standard InChI is InChI=1S/C43H68N10O20/c1-7-10-17-68-26-50-33-34(52(41(50)65)28-70-19-12-9-3)53(42(66)51(33)27-69-18-11-8-2)29-71-20-14-45-35(59)44(13-16-54)36(60)46(37(45)61)15-21-72-31(57)23-48-38(62)47(22-30(56)67-6)39(63)49(40(48)64)24-32(58)73-43(4,5)25-55/h33-34,54-55H,7-29H2,1-6H3. The number of rotatable bonds is 33. The predicted molar refractivity (Wildman–Crippen MR) is 249 cm³/mol. The average molecular weight is 1050 g/mol. The Morgan fingerprint density at radius 2 is 0.822 bits per heavy atom. The number of nitrogens with zero attached hydrogens (tertiary/aromatic N) is 10. The number of aliphatic hydroxyl groups excluding tert-OH is 2. The van der Waals surface area contributed by atoms with Crippen molar-refractivity contribution in [1.29, 1.82) is 0 Å². The molecule has 0 bridgehead atoms. The fourth-order valence-electron chi connectivity index (χ4n) is 7.40. The minimum Gasteiger partial charge on any atom is -0.468 e. The van der Waals surface area contributed by atoms with Crippen LogP contribution in [0.1, 0.15) is 73.1 Å². The third-order valence-electron chi connectivity index (χ3n) is 11.4. The number of unbranched alkanes of at least 4 members (excludes halogenated alkanes) is 3. The number of carbonyl (C=O) groups excluding carboxylic acids is 5. The number of hydrogen-bond acceptors (Lipinski definition) is 20. The van der Waals surface area contributed by atoms with Crippen molar-refractivity contribution in [3.8, 4) is 0 Å². The molecule has 2 N–H and O–H groups in total. The van der Waals surface area contributed by atoms with Crippen molar-refractivity contribution in [2.24, 2.45) is 0 Å². The van der Waals surface area contributed by atoms with Gasteiger partial charge in [0, 0.05) is 19.8 Å². The molecule has 2 aromatic rings. The molecule has 0 radical (unpaired) electrons. The summed E-state index contributed by atoms with van der Waals surface area (Å²) in [5.74, 6) is -3.66. The summed E-state index contributed by atoms with van der Waals surface area (Å²) in [4.78, 5) is 152. The van der Waals surface area contributed by atoms with Gasteiger partial charge in [-0.05, 0) is 33.1 Å². The van der Waals surface area contributed by atoms with Gasteiger partial charge in [0.15, 0.2) is 12.3 Å². The smallest absolute Gasteiger partial charge is 0.337 e. The van der Waals surface area contributed by atoms with Crippen molar-refractivity contribution < 1.29 is 67.3 Å². The third-order valence-corrected chi connectivity index (χ3v) is 11.4. The lowest BCUT2D eigenvalue weighted by Gasteiger charge is -2.29. The molecule has 2 fully saturated rings. The van der Waals surface area contributed by atoms with E-state index in [0.717, 1.165) is 45.6 Å². The highest BCUT2D eigenvalue weighted by Gasteiger charge is 2.59. The van der Waals surface area contributed by atoms with E-state index in [0.29, 0.717) is 33.5 Å². The van der Waals surface area contributed by atoms with Gasteiger partial charge in [-0.3, -0.25) is 34.0 Å². The molecular formula is C43H68N10O20. The number of aliphatic hydroxyl groups is 2. The summed E-state index contributed by atoms with van der Waals surface area (Å²) in [6, 6.07) is -1.01. The van der Waals surface area contributed by atoms with E-state index in [9.17, 15) is 63.0 Å². The van der Waals surface area contributed by atoms with E-state index in [1.165, 1.54) is 33.4 Å². The van der Waals surface area contributed by atoms with Crippen molar-refractivity contribution in [2.45, 2.75) is 130 Å². The Labute approximate surface area is 417 Å². The van der Waals surface area contributed by atoms with E-state index in [1.54, 1.807) is 0 Å². The van der Waals surface area contributed by atoms with Gasteiger partial charge in [-0.25, -0.2) is 65.8 Å². The number of aromatic nitrogens is 6. The molecule has 30 nitrogen and oxygen atoms in total. The summed E-state index contributed by atoms with van der Waals surface area (Å²) in [7, 11) is 0.948. The lowest BCUT2D eigenvalue weighted by Crippen LogP contribution is -2.57. The van der Waals surface area contributed by atoms with E-state index < -0.39 is 154 Å². The first-order valence-corrected chi connectivity index (χ1v) is 23.8. The molecule has 4 rings (SSSR count). The Morgan fingerprint density at radius 1 is 0.479 bits per heavy atom. The molecule has 0 aromatic carbocycles. The van der Waals surface area contributed by atoms with Gasteiger partial charge >= 0.3 is 64.1 Å². The fraction of sp³-hybridized carbons (Fsp3) is 0.744. The second kappa shape index (κ2) is 28.1. The lowest BCUT2D eigenvalue weighted by atomic mass is 10.1. The zero-order valence-electron chi connectivity index (χ0n) is 42.1. The van der Waals surface area contributed by atoms with Crippen LogP contribution in [0.4, 0.5) is 9.59 Å². The van der Waals surface area contributed by atoms with Crippen molar-refractivity contribution in [3.05, 3.63) is 62.9 Å². The first-order chi connectivity index (χ1) is 34.8. The number of esters is 3. The summed E-state index contributed by atoms with van der Waals surface area (Å²) in [5.41, 5.74) is -9.38. The van der Waals surface area contributed by atoms with E-state index in [1.807, 2.05) is 20.8 Å². The number of fused-ring (bicyclic) bond motifs is 1. The van der Waals surface area contributed by atoms with Gasteiger partial charge in [0.2, 0.25) is 0 Å². The number of ether oxygens (including phenoxy) is 7. The van der Waals surface area contributed by atoms with Gasteiger partial charge in [-0.15, -0.1) is 0 Å². The molecule has 4 heterocycles. The van der Waals surface area contributed by atoms with Crippen LogP contribution in [0.2, 0.25) is 0 Å². The number of methoxy groups -OCH3 is 1. The van der Waals surface area contributed by atoms with Crippen LogP contribution >= 0.6 is 0 Å². The largest absolute Gasteiger partial charge is 0.468 e. The van der Waals surface area contributed by atoms with E-state index in [4.69, 9.17) is 28.4 Å². The van der Waals surface area contributed by atoms with Crippen molar-refractivity contribution in [2.75, 3.05) is 80.3 Å². The first-order valence-electron chi connectivity index (χ1n) is 23.8. The Hall–Kier alpha value is -6.47. The molecule has 4 amide bonds. The molecule has 2 aliphatic rings. The van der Waals surface area contributed by atoms with Gasteiger partial charge in [-0.2, -0.15) is 0 Å². The number of hydrogen-bond donors (Lipinski definition) is 2.